The lowest BCUT2D eigenvalue weighted by atomic mass is 10.2. The first kappa shape index (κ1) is 13.6. The summed E-state index contributed by atoms with van der Waals surface area (Å²) in [5.41, 5.74) is 0.860. The summed E-state index contributed by atoms with van der Waals surface area (Å²) < 4.78 is 15.9. The van der Waals surface area contributed by atoms with Gasteiger partial charge in [-0.25, -0.2) is 4.98 Å². The van der Waals surface area contributed by atoms with Crippen LogP contribution in [-0.2, 0) is 6.61 Å². The topological polar surface area (TPSA) is 60.8 Å². The Morgan fingerprint density at radius 1 is 1.11 bits per heavy atom. The minimum absolute atomic E-state index is 0.0118. The van der Waals surface area contributed by atoms with Crippen LogP contribution in [0.4, 0.5) is 0 Å². The molecule has 0 amide bonds. The van der Waals surface area contributed by atoms with E-state index in [2.05, 4.69) is 4.98 Å². The van der Waals surface area contributed by atoms with Crippen molar-refractivity contribution in [2.45, 2.75) is 6.61 Å². The molecule has 1 N–H and O–H groups in total. The molecule has 1 aromatic heterocycles. The van der Waals surface area contributed by atoms with E-state index in [1.165, 1.54) is 11.3 Å². The minimum Gasteiger partial charge on any atom is -0.493 e. The fourth-order valence-electron chi connectivity index (χ4n) is 1.72. The third-order valence-corrected chi connectivity index (χ3v) is 3.65. The van der Waals surface area contributed by atoms with E-state index in [1.807, 2.05) is 12.1 Å². The number of hydrogen-bond acceptors (Lipinski definition) is 6. The Bertz CT molecular complexity index is 543. The fraction of sp³-hybridized carbons (Fsp3) is 0.308. The van der Waals surface area contributed by atoms with E-state index in [0.29, 0.717) is 17.2 Å². The summed E-state index contributed by atoms with van der Waals surface area (Å²) in [7, 11) is 4.71. The van der Waals surface area contributed by atoms with Gasteiger partial charge in [0.1, 0.15) is 5.01 Å². The molecule has 5 nitrogen and oxygen atoms in total. The van der Waals surface area contributed by atoms with Crippen LogP contribution in [0.3, 0.4) is 0 Å². The summed E-state index contributed by atoms with van der Waals surface area (Å²) in [6.45, 7) is -0.0118. The molecule has 2 rings (SSSR count). The highest BCUT2D eigenvalue weighted by molar-refractivity contribution is 7.15. The van der Waals surface area contributed by atoms with Crippen molar-refractivity contribution in [3.05, 3.63) is 23.2 Å². The number of rotatable bonds is 5. The van der Waals surface area contributed by atoms with Gasteiger partial charge in [-0.05, 0) is 12.1 Å². The molecule has 0 saturated carbocycles. The molecule has 19 heavy (non-hydrogen) atoms. The maximum absolute atomic E-state index is 9.08. The lowest BCUT2D eigenvalue weighted by molar-refractivity contribution is 0.285. The van der Waals surface area contributed by atoms with Crippen molar-refractivity contribution in [2.24, 2.45) is 0 Å². The average molecular weight is 281 g/mol. The summed E-state index contributed by atoms with van der Waals surface area (Å²) in [6, 6.07) is 3.67. The molecule has 0 unspecified atom stereocenters. The first-order valence-corrected chi connectivity index (χ1v) is 6.41. The van der Waals surface area contributed by atoms with Crippen molar-refractivity contribution < 1.29 is 19.3 Å². The number of aliphatic hydroxyl groups is 1. The standard InChI is InChI=1S/C13H15NO4S/c1-16-10-4-8(5-11(17-2)12(10)18-3)13-14-6-9(7-15)19-13/h4-6,15H,7H2,1-3H3. The number of hydrogen-bond donors (Lipinski definition) is 1. The predicted molar refractivity (Wildman–Crippen MR) is 73.1 cm³/mol. The summed E-state index contributed by atoms with van der Waals surface area (Å²) in [4.78, 5) is 5.08. The molecule has 0 aliphatic heterocycles. The largest absolute Gasteiger partial charge is 0.493 e. The molecule has 0 saturated heterocycles. The van der Waals surface area contributed by atoms with Crippen molar-refractivity contribution in [2.75, 3.05) is 21.3 Å². The molecule has 0 aliphatic rings. The third-order valence-electron chi connectivity index (χ3n) is 2.62. The first-order valence-electron chi connectivity index (χ1n) is 5.59. The minimum atomic E-state index is -0.0118. The van der Waals surface area contributed by atoms with Gasteiger partial charge in [0.2, 0.25) is 5.75 Å². The quantitative estimate of drug-likeness (QED) is 0.911. The number of methoxy groups -OCH3 is 3. The lowest BCUT2D eigenvalue weighted by Gasteiger charge is -2.13. The van der Waals surface area contributed by atoms with Crippen LogP contribution in [0.15, 0.2) is 18.3 Å². The maximum Gasteiger partial charge on any atom is 0.203 e. The highest BCUT2D eigenvalue weighted by Crippen LogP contribution is 2.41. The van der Waals surface area contributed by atoms with E-state index in [0.717, 1.165) is 15.4 Å². The smallest absolute Gasteiger partial charge is 0.203 e. The second kappa shape index (κ2) is 5.90. The number of thiazole rings is 1. The summed E-state index contributed by atoms with van der Waals surface area (Å²) in [5, 5.41) is 9.88. The van der Waals surface area contributed by atoms with Gasteiger partial charge in [0.05, 0.1) is 32.8 Å². The van der Waals surface area contributed by atoms with Gasteiger partial charge in [-0.1, -0.05) is 0 Å². The Balaban J connectivity index is 2.51. The number of nitrogens with zero attached hydrogens (tertiary/aromatic N) is 1. The van der Waals surface area contributed by atoms with Crippen LogP contribution in [0.5, 0.6) is 17.2 Å². The number of aromatic nitrogens is 1. The van der Waals surface area contributed by atoms with Crippen LogP contribution in [0.25, 0.3) is 10.6 Å². The molecule has 1 heterocycles. The van der Waals surface area contributed by atoms with Gasteiger partial charge in [-0.2, -0.15) is 0 Å². The number of benzene rings is 1. The molecular formula is C13H15NO4S. The zero-order valence-electron chi connectivity index (χ0n) is 11.0. The lowest BCUT2D eigenvalue weighted by Crippen LogP contribution is -1.95. The monoisotopic (exact) mass is 281 g/mol. The highest BCUT2D eigenvalue weighted by atomic mass is 32.1. The molecule has 1 aromatic carbocycles. The second-order valence-corrected chi connectivity index (χ2v) is 4.82. The number of aliphatic hydroxyl groups excluding tert-OH is 1. The van der Waals surface area contributed by atoms with Crippen molar-refractivity contribution in [3.63, 3.8) is 0 Å². The zero-order valence-corrected chi connectivity index (χ0v) is 11.8. The molecule has 0 radical (unpaired) electrons. The molecule has 2 aromatic rings. The number of ether oxygens (including phenoxy) is 3. The van der Waals surface area contributed by atoms with Gasteiger partial charge in [0, 0.05) is 11.8 Å². The Morgan fingerprint density at radius 2 is 1.74 bits per heavy atom. The van der Waals surface area contributed by atoms with Crippen LogP contribution >= 0.6 is 11.3 Å². The van der Waals surface area contributed by atoms with Gasteiger partial charge < -0.3 is 19.3 Å². The van der Waals surface area contributed by atoms with Crippen LogP contribution in [0.2, 0.25) is 0 Å². The van der Waals surface area contributed by atoms with E-state index in [-0.39, 0.29) is 6.61 Å². The Hall–Kier alpha value is -1.79. The summed E-state index contributed by atoms with van der Waals surface area (Å²) >= 11 is 1.42. The molecule has 0 fully saturated rings. The van der Waals surface area contributed by atoms with Crippen molar-refractivity contribution in [1.29, 1.82) is 0 Å². The fourth-order valence-corrected chi connectivity index (χ4v) is 2.48. The van der Waals surface area contributed by atoms with E-state index < -0.39 is 0 Å². The molecule has 0 aliphatic carbocycles. The Kier molecular flexibility index (Phi) is 4.24. The summed E-state index contributed by atoms with van der Waals surface area (Å²) in [5.74, 6) is 1.71. The Morgan fingerprint density at radius 3 is 2.16 bits per heavy atom. The normalized spacial score (nSPS) is 10.3. The summed E-state index contributed by atoms with van der Waals surface area (Å²) in [6.07, 6.45) is 1.66. The van der Waals surface area contributed by atoms with Crippen molar-refractivity contribution in [1.82, 2.24) is 4.98 Å². The average Bonchev–Trinajstić information content (AvgIpc) is 2.94. The Labute approximate surface area is 115 Å². The predicted octanol–water partition coefficient (Wildman–Crippen LogP) is 2.33. The maximum atomic E-state index is 9.08. The van der Waals surface area contributed by atoms with E-state index in [1.54, 1.807) is 27.5 Å². The van der Waals surface area contributed by atoms with E-state index in [4.69, 9.17) is 19.3 Å². The van der Waals surface area contributed by atoms with Crippen molar-refractivity contribution >= 4 is 11.3 Å². The highest BCUT2D eigenvalue weighted by Gasteiger charge is 2.15. The van der Waals surface area contributed by atoms with Gasteiger partial charge in [-0.3, -0.25) is 0 Å². The third kappa shape index (κ3) is 2.64. The van der Waals surface area contributed by atoms with E-state index in [9.17, 15) is 0 Å². The van der Waals surface area contributed by atoms with Gasteiger partial charge in [-0.15, -0.1) is 11.3 Å². The van der Waals surface area contributed by atoms with Crippen LogP contribution in [0, 0.1) is 0 Å². The van der Waals surface area contributed by atoms with Crippen LogP contribution in [0.1, 0.15) is 4.88 Å². The SMILES string of the molecule is COc1cc(-c2ncc(CO)s2)cc(OC)c1OC. The van der Waals surface area contributed by atoms with Crippen LogP contribution < -0.4 is 14.2 Å². The molecule has 6 heteroatoms. The zero-order chi connectivity index (χ0) is 13.8. The van der Waals surface area contributed by atoms with Crippen LogP contribution in [-0.4, -0.2) is 31.4 Å². The second-order valence-electron chi connectivity index (χ2n) is 3.70. The first-order chi connectivity index (χ1) is 9.23. The molecule has 0 spiro atoms. The van der Waals surface area contributed by atoms with Gasteiger partial charge in [0.15, 0.2) is 11.5 Å². The van der Waals surface area contributed by atoms with Crippen molar-refractivity contribution in [3.8, 4) is 27.8 Å². The molecule has 0 bridgehead atoms. The molecular weight excluding hydrogens is 266 g/mol. The van der Waals surface area contributed by atoms with Gasteiger partial charge >= 0.3 is 0 Å². The molecule has 102 valence electrons. The van der Waals surface area contributed by atoms with Gasteiger partial charge in [0.25, 0.3) is 0 Å². The van der Waals surface area contributed by atoms with E-state index >= 15 is 0 Å². The molecule has 0 atom stereocenters.